The third kappa shape index (κ3) is 3.71. The van der Waals surface area contributed by atoms with E-state index in [0.29, 0.717) is 38.4 Å². The second-order valence-electron chi connectivity index (χ2n) is 5.87. The molecule has 2 heterocycles. The van der Waals surface area contributed by atoms with Crippen molar-refractivity contribution in [2.75, 3.05) is 5.84 Å². The summed E-state index contributed by atoms with van der Waals surface area (Å²) in [4.78, 5) is 0. The molecule has 0 aliphatic rings. The summed E-state index contributed by atoms with van der Waals surface area (Å²) in [5.74, 6) is 7.55. The molecule has 0 unspecified atom stereocenters. The van der Waals surface area contributed by atoms with E-state index in [0.717, 1.165) is 5.56 Å². The molecule has 142 valence electrons. The molecule has 10 heteroatoms. The van der Waals surface area contributed by atoms with Crippen molar-refractivity contribution in [1.29, 1.82) is 0 Å². The van der Waals surface area contributed by atoms with Crippen molar-refractivity contribution in [3.8, 4) is 22.8 Å². The van der Waals surface area contributed by atoms with E-state index in [4.69, 9.17) is 33.5 Å². The topological polar surface area (TPSA) is 95.7 Å². The van der Waals surface area contributed by atoms with Crippen LogP contribution in [-0.2, 0) is 0 Å². The van der Waals surface area contributed by atoms with Gasteiger partial charge in [0.15, 0.2) is 5.82 Å². The highest BCUT2D eigenvalue weighted by Gasteiger charge is 2.21. The predicted octanol–water partition coefficient (Wildman–Crippen LogP) is 4.87. The maximum absolute atomic E-state index is 6.25. The number of nitrogens with zero attached hydrogens (tertiary/aromatic N) is 5. The van der Waals surface area contributed by atoms with Crippen LogP contribution in [0.5, 0.6) is 0 Å². The Bertz CT molecular complexity index is 1110. The minimum atomic E-state index is -0.176. The summed E-state index contributed by atoms with van der Waals surface area (Å²) in [5, 5.41) is 17.8. The van der Waals surface area contributed by atoms with Crippen LogP contribution in [0.2, 0.25) is 10.0 Å². The predicted molar refractivity (Wildman–Crippen MR) is 110 cm³/mol. The average molecular weight is 433 g/mol. The first-order valence-corrected chi connectivity index (χ1v) is 9.88. The monoisotopic (exact) mass is 432 g/mol. The Hall–Kier alpha value is -2.55. The summed E-state index contributed by atoms with van der Waals surface area (Å²) >= 11 is 13.5. The van der Waals surface area contributed by atoms with Gasteiger partial charge in [-0.05, 0) is 37.3 Å². The number of thioether (sulfide) groups is 1. The van der Waals surface area contributed by atoms with Crippen LogP contribution in [0.3, 0.4) is 0 Å². The largest absolute Gasteiger partial charge is 0.419 e. The van der Waals surface area contributed by atoms with Crippen LogP contribution in [0.4, 0.5) is 0 Å². The van der Waals surface area contributed by atoms with Gasteiger partial charge in [0.25, 0.3) is 0 Å². The van der Waals surface area contributed by atoms with Gasteiger partial charge in [-0.15, -0.1) is 20.4 Å². The number of aromatic nitrogens is 5. The molecule has 0 bridgehead atoms. The van der Waals surface area contributed by atoms with Crippen molar-refractivity contribution in [3.63, 3.8) is 0 Å². The van der Waals surface area contributed by atoms with Gasteiger partial charge in [0.05, 0.1) is 10.3 Å². The lowest BCUT2D eigenvalue weighted by atomic mass is 10.2. The van der Waals surface area contributed by atoms with Gasteiger partial charge in [-0.25, -0.2) is 4.68 Å². The quantitative estimate of drug-likeness (QED) is 0.354. The van der Waals surface area contributed by atoms with Gasteiger partial charge in [0.2, 0.25) is 16.9 Å². The van der Waals surface area contributed by atoms with Crippen molar-refractivity contribution in [2.45, 2.75) is 17.3 Å². The number of halogens is 2. The Morgan fingerprint density at radius 3 is 2.57 bits per heavy atom. The van der Waals surface area contributed by atoms with Crippen LogP contribution in [0.1, 0.15) is 18.1 Å². The molecule has 0 aliphatic heterocycles. The van der Waals surface area contributed by atoms with Gasteiger partial charge in [0.1, 0.15) is 0 Å². The van der Waals surface area contributed by atoms with E-state index in [-0.39, 0.29) is 5.25 Å². The first-order valence-electron chi connectivity index (χ1n) is 8.24. The Morgan fingerprint density at radius 2 is 1.82 bits per heavy atom. The van der Waals surface area contributed by atoms with Crippen molar-refractivity contribution in [3.05, 3.63) is 64.5 Å². The lowest BCUT2D eigenvalue weighted by Gasteiger charge is -2.07. The second kappa shape index (κ2) is 7.83. The molecule has 0 saturated carbocycles. The molecule has 7 nitrogen and oxygen atoms in total. The van der Waals surface area contributed by atoms with Crippen LogP contribution in [0.15, 0.2) is 58.1 Å². The first kappa shape index (κ1) is 18.8. The molecule has 0 aliphatic carbocycles. The smallest absolute Gasteiger partial charge is 0.247 e. The molecule has 0 radical (unpaired) electrons. The molecule has 4 aromatic rings. The Labute approximate surface area is 174 Å². The van der Waals surface area contributed by atoms with E-state index in [2.05, 4.69) is 20.4 Å². The van der Waals surface area contributed by atoms with Crippen LogP contribution >= 0.6 is 35.0 Å². The fourth-order valence-corrected chi connectivity index (χ4v) is 3.81. The van der Waals surface area contributed by atoms with Crippen LogP contribution in [-0.4, -0.2) is 25.1 Å². The molecule has 1 atom stereocenters. The molecule has 2 N–H and O–H groups in total. The van der Waals surface area contributed by atoms with Crippen LogP contribution in [0.25, 0.3) is 22.8 Å². The second-order valence-corrected chi connectivity index (χ2v) is 8.02. The summed E-state index contributed by atoms with van der Waals surface area (Å²) in [6, 6.07) is 14.7. The van der Waals surface area contributed by atoms with Gasteiger partial charge in [-0.2, -0.15) is 0 Å². The minimum Gasteiger partial charge on any atom is -0.419 e. The summed E-state index contributed by atoms with van der Waals surface area (Å²) in [7, 11) is 0. The Balaban J connectivity index is 1.55. The standard InChI is InChI=1S/C18H14Cl2N6OS/c1-10(16-23-24-17(27-16)11-5-3-2-4-6-11)28-18-25-22-15(26(18)21)13-8-7-12(19)9-14(13)20/h2-10H,21H2,1H3/t10-/m1/s1. The molecule has 2 aromatic carbocycles. The number of nitrogens with two attached hydrogens (primary N) is 1. The summed E-state index contributed by atoms with van der Waals surface area (Å²) in [6.07, 6.45) is 0. The van der Waals surface area contributed by atoms with E-state index in [1.54, 1.807) is 18.2 Å². The van der Waals surface area contributed by atoms with E-state index in [9.17, 15) is 0 Å². The molecule has 0 amide bonds. The zero-order valence-electron chi connectivity index (χ0n) is 14.6. The molecule has 2 aromatic heterocycles. The summed E-state index contributed by atoms with van der Waals surface area (Å²) < 4.78 is 7.17. The summed E-state index contributed by atoms with van der Waals surface area (Å²) in [5.41, 5.74) is 1.50. The van der Waals surface area contributed by atoms with E-state index in [1.165, 1.54) is 16.4 Å². The molecular weight excluding hydrogens is 419 g/mol. The van der Waals surface area contributed by atoms with Crippen LogP contribution < -0.4 is 5.84 Å². The van der Waals surface area contributed by atoms with Gasteiger partial charge in [0, 0.05) is 16.1 Å². The van der Waals surface area contributed by atoms with Crippen molar-refractivity contribution in [1.82, 2.24) is 25.1 Å². The van der Waals surface area contributed by atoms with E-state index < -0.39 is 0 Å². The number of rotatable bonds is 5. The number of nitrogen functional groups attached to an aromatic ring is 1. The third-order valence-electron chi connectivity index (χ3n) is 3.93. The fraction of sp³-hybridized carbons (Fsp3) is 0.111. The first-order chi connectivity index (χ1) is 13.5. The SMILES string of the molecule is C[C@@H](Sc1nnc(-c2ccc(Cl)cc2Cl)n1N)c1nnc(-c2ccccc2)o1. The number of hydrogen-bond donors (Lipinski definition) is 1. The zero-order chi connectivity index (χ0) is 19.7. The van der Waals surface area contributed by atoms with Crippen molar-refractivity contribution >= 4 is 35.0 Å². The Kier molecular flexibility index (Phi) is 5.25. The van der Waals surface area contributed by atoms with Gasteiger partial charge in [-0.1, -0.05) is 53.2 Å². The highest BCUT2D eigenvalue weighted by molar-refractivity contribution is 7.99. The number of hydrogen-bond acceptors (Lipinski definition) is 7. The molecule has 0 fully saturated rings. The van der Waals surface area contributed by atoms with Gasteiger partial charge >= 0.3 is 0 Å². The molecular formula is C18H14Cl2N6OS. The zero-order valence-corrected chi connectivity index (χ0v) is 16.9. The lowest BCUT2D eigenvalue weighted by molar-refractivity contribution is 0.509. The molecule has 4 rings (SSSR count). The normalized spacial score (nSPS) is 12.2. The fourth-order valence-electron chi connectivity index (χ4n) is 2.52. The van der Waals surface area contributed by atoms with Gasteiger partial charge in [-0.3, -0.25) is 0 Å². The van der Waals surface area contributed by atoms with Crippen molar-refractivity contribution < 1.29 is 4.42 Å². The number of benzene rings is 2. The molecule has 0 spiro atoms. The third-order valence-corrected chi connectivity index (χ3v) is 5.52. The summed E-state index contributed by atoms with van der Waals surface area (Å²) in [6.45, 7) is 1.93. The highest BCUT2D eigenvalue weighted by Crippen LogP contribution is 2.36. The average Bonchev–Trinajstić information content (AvgIpc) is 3.31. The maximum Gasteiger partial charge on any atom is 0.247 e. The minimum absolute atomic E-state index is 0.176. The van der Waals surface area contributed by atoms with E-state index >= 15 is 0 Å². The van der Waals surface area contributed by atoms with Crippen molar-refractivity contribution in [2.24, 2.45) is 0 Å². The highest BCUT2D eigenvalue weighted by atomic mass is 35.5. The maximum atomic E-state index is 6.25. The Morgan fingerprint density at radius 1 is 1.04 bits per heavy atom. The lowest BCUT2D eigenvalue weighted by Crippen LogP contribution is -2.12. The van der Waals surface area contributed by atoms with Gasteiger partial charge < -0.3 is 10.3 Å². The van der Waals surface area contributed by atoms with Crippen LogP contribution in [0, 0.1) is 0 Å². The van der Waals surface area contributed by atoms with E-state index in [1.807, 2.05) is 37.3 Å². The molecule has 0 saturated heterocycles. The molecule has 28 heavy (non-hydrogen) atoms.